The molecule has 0 aliphatic rings. The quantitative estimate of drug-likeness (QED) is 0.358. The van der Waals surface area contributed by atoms with Gasteiger partial charge in [0.1, 0.15) is 18.4 Å². The van der Waals surface area contributed by atoms with Gasteiger partial charge in [-0.2, -0.15) is 0 Å². The number of sulfonamides is 1. The lowest BCUT2D eigenvalue weighted by Crippen LogP contribution is -2.51. The lowest BCUT2D eigenvalue weighted by Gasteiger charge is -2.33. The van der Waals surface area contributed by atoms with Gasteiger partial charge in [0.2, 0.25) is 11.8 Å². The van der Waals surface area contributed by atoms with Gasteiger partial charge in [0, 0.05) is 13.6 Å². The number of likely N-dealkylation sites (N-methyl/N-ethyl adjacent to an activating group) is 1. The Labute approximate surface area is 232 Å². The van der Waals surface area contributed by atoms with Crippen molar-refractivity contribution >= 4 is 50.7 Å². The highest BCUT2D eigenvalue weighted by Gasteiger charge is 2.34. The number of amides is 2. The predicted molar refractivity (Wildman–Crippen MR) is 147 cm³/mol. The van der Waals surface area contributed by atoms with Crippen molar-refractivity contribution in [2.45, 2.75) is 37.8 Å². The first kappa shape index (κ1) is 29.4. The van der Waals surface area contributed by atoms with Crippen LogP contribution in [0, 0.1) is 12.7 Å². The van der Waals surface area contributed by atoms with Gasteiger partial charge >= 0.3 is 0 Å². The molecule has 0 aliphatic heterocycles. The second kappa shape index (κ2) is 12.6. The SMILES string of the molecule is CCC(C(=O)NC)N(Cc1ccc(F)cc1)C(=O)CN(c1cccc(Cl)c1Cl)S(=O)(=O)c1ccc(C)cc1. The van der Waals surface area contributed by atoms with Crippen LogP contribution in [-0.2, 0) is 26.2 Å². The zero-order valence-corrected chi connectivity index (χ0v) is 23.4. The van der Waals surface area contributed by atoms with Crippen molar-refractivity contribution in [2.75, 3.05) is 17.9 Å². The summed E-state index contributed by atoms with van der Waals surface area (Å²) >= 11 is 12.6. The third-order valence-electron chi connectivity index (χ3n) is 5.99. The normalized spacial score (nSPS) is 12.1. The number of carbonyl (C=O) groups is 2. The fourth-order valence-electron chi connectivity index (χ4n) is 3.91. The molecule has 3 aromatic rings. The molecule has 1 N–H and O–H groups in total. The molecule has 202 valence electrons. The summed E-state index contributed by atoms with van der Waals surface area (Å²) in [6, 6.07) is 15.3. The summed E-state index contributed by atoms with van der Waals surface area (Å²) in [5, 5.41) is 2.62. The van der Waals surface area contributed by atoms with E-state index in [0.29, 0.717) is 5.56 Å². The van der Waals surface area contributed by atoms with E-state index in [1.54, 1.807) is 19.1 Å². The van der Waals surface area contributed by atoms with Crippen molar-refractivity contribution in [3.05, 3.63) is 93.7 Å². The number of halogens is 3. The molecule has 1 unspecified atom stereocenters. The Morgan fingerprint density at radius 2 is 1.63 bits per heavy atom. The minimum atomic E-state index is -4.28. The van der Waals surface area contributed by atoms with Crippen LogP contribution in [0.4, 0.5) is 10.1 Å². The van der Waals surface area contributed by atoms with Crippen molar-refractivity contribution < 1.29 is 22.4 Å². The predicted octanol–water partition coefficient (Wildman–Crippen LogP) is 5.19. The van der Waals surface area contributed by atoms with Crippen LogP contribution in [0.2, 0.25) is 10.0 Å². The Kier molecular flexibility index (Phi) is 9.76. The molecule has 0 aliphatic carbocycles. The highest BCUT2D eigenvalue weighted by molar-refractivity contribution is 7.92. The molecule has 11 heteroatoms. The fraction of sp³-hybridized carbons (Fsp3) is 0.259. The molecule has 1 atom stereocenters. The van der Waals surface area contributed by atoms with Crippen molar-refractivity contribution in [3.8, 4) is 0 Å². The summed E-state index contributed by atoms with van der Waals surface area (Å²) in [4.78, 5) is 27.8. The van der Waals surface area contributed by atoms with E-state index in [2.05, 4.69) is 5.32 Å². The lowest BCUT2D eigenvalue weighted by atomic mass is 10.1. The van der Waals surface area contributed by atoms with Crippen molar-refractivity contribution in [3.63, 3.8) is 0 Å². The Bertz CT molecular complexity index is 1400. The van der Waals surface area contributed by atoms with Crippen molar-refractivity contribution in [2.24, 2.45) is 0 Å². The zero-order valence-electron chi connectivity index (χ0n) is 21.1. The molecule has 3 aromatic carbocycles. The van der Waals surface area contributed by atoms with E-state index >= 15 is 0 Å². The molecule has 0 spiro atoms. The number of nitrogens with one attached hydrogen (secondary N) is 1. The van der Waals surface area contributed by atoms with Gasteiger partial charge in [-0.3, -0.25) is 13.9 Å². The van der Waals surface area contributed by atoms with Crippen LogP contribution in [0.5, 0.6) is 0 Å². The fourth-order valence-corrected chi connectivity index (χ4v) is 5.78. The van der Waals surface area contributed by atoms with Crippen LogP contribution in [0.3, 0.4) is 0 Å². The second-order valence-corrected chi connectivity index (χ2v) is 11.2. The van der Waals surface area contributed by atoms with E-state index in [1.807, 2.05) is 6.92 Å². The van der Waals surface area contributed by atoms with Crippen LogP contribution in [0.25, 0.3) is 0 Å². The van der Waals surface area contributed by atoms with E-state index in [-0.39, 0.29) is 33.6 Å². The number of aryl methyl sites for hydroxylation is 1. The summed E-state index contributed by atoms with van der Waals surface area (Å²) in [5.41, 5.74) is 1.44. The molecule has 3 rings (SSSR count). The van der Waals surface area contributed by atoms with Crippen molar-refractivity contribution in [1.82, 2.24) is 10.2 Å². The summed E-state index contributed by atoms with van der Waals surface area (Å²) in [7, 11) is -2.83. The average Bonchev–Trinajstić information content (AvgIpc) is 2.90. The first-order chi connectivity index (χ1) is 18.0. The lowest BCUT2D eigenvalue weighted by molar-refractivity contribution is -0.140. The molecular weight excluding hydrogens is 552 g/mol. The van der Waals surface area contributed by atoms with E-state index < -0.39 is 40.2 Å². The van der Waals surface area contributed by atoms with Gasteiger partial charge in [-0.1, -0.05) is 66.0 Å². The maximum atomic E-state index is 13.8. The van der Waals surface area contributed by atoms with Gasteiger partial charge in [-0.25, -0.2) is 12.8 Å². The average molecular weight is 581 g/mol. The van der Waals surface area contributed by atoms with Crippen LogP contribution in [0.1, 0.15) is 24.5 Å². The van der Waals surface area contributed by atoms with E-state index in [0.717, 1.165) is 9.87 Å². The van der Waals surface area contributed by atoms with Crippen molar-refractivity contribution in [1.29, 1.82) is 0 Å². The Balaban J connectivity index is 2.10. The third kappa shape index (κ3) is 6.64. The van der Waals surface area contributed by atoms with Gasteiger partial charge in [0.25, 0.3) is 10.0 Å². The van der Waals surface area contributed by atoms with Crippen LogP contribution in [-0.4, -0.2) is 44.8 Å². The zero-order chi connectivity index (χ0) is 28.0. The largest absolute Gasteiger partial charge is 0.357 e. The van der Waals surface area contributed by atoms with E-state index in [9.17, 15) is 22.4 Å². The number of hydrogen-bond donors (Lipinski definition) is 1. The molecule has 0 bridgehead atoms. The summed E-state index contributed by atoms with van der Waals surface area (Å²) < 4.78 is 42.0. The highest BCUT2D eigenvalue weighted by Crippen LogP contribution is 2.35. The molecule has 0 saturated heterocycles. The summed E-state index contributed by atoms with van der Waals surface area (Å²) in [6.45, 7) is 2.85. The molecular formula is C27H28Cl2FN3O4S. The van der Waals surface area contributed by atoms with E-state index in [1.165, 1.54) is 66.5 Å². The highest BCUT2D eigenvalue weighted by atomic mass is 35.5. The molecule has 0 heterocycles. The number of benzene rings is 3. The standard InChI is InChI=1S/C27H28Cl2FN3O4S/c1-4-23(27(35)31-3)32(16-19-10-12-20(30)13-11-19)25(34)17-33(24-7-5-6-22(28)26(24)29)38(36,37)21-14-8-18(2)9-15-21/h5-15,23H,4,16-17H2,1-3H3,(H,31,35). The maximum absolute atomic E-state index is 13.8. The molecule has 0 aromatic heterocycles. The number of nitrogens with zero attached hydrogens (tertiary/aromatic N) is 2. The number of anilines is 1. The Morgan fingerprint density at radius 3 is 2.21 bits per heavy atom. The number of hydrogen-bond acceptors (Lipinski definition) is 4. The Morgan fingerprint density at radius 1 is 1.00 bits per heavy atom. The topological polar surface area (TPSA) is 86.8 Å². The second-order valence-electron chi connectivity index (χ2n) is 8.58. The minimum absolute atomic E-state index is 0.0165. The summed E-state index contributed by atoms with van der Waals surface area (Å²) in [6.07, 6.45) is 0.259. The van der Waals surface area contributed by atoms with Gasteiger partial charge in [-0.05, 0) is 55.3 Å². The number of carbonyl (C=O) groups excluding carboxylic acids is 2. The minimum Gasteiger partial charge on any atom is -0.357 e. The molecule has 2 amide bonds. The van der Waals surface area contributed by atoms with Crippen LogP contribution < -0.4 is 9.62 Å². The van der Waals surface area contributed by atoms with Gasteiger partial charge in [0.05, 0.1) is 20.6 Å². The monoisotopic (exact) mass is 579 g/mol. The smallest absolute Gasteiger partial charge is 0.264 e. The molecule has 0 fully saturated rings. The molecule has 38 heavy (non-hydrogen) atoms. The van der Waals surface area contributed by atoms with Gasteiger partial charge in [-0.15, -0.1) is 0 Å². The first-order valence-corrected chi connectivity index (χ1v) is 14.0. The molecule has 7 nitrogen and oxygen atoms in total. The van der Waals surface area contributed by atoms with E-state index in [4.69, 9.17) is 23.2 Å². The molecule has 0 saturated carbocycles. The van der Waals surface area contributed by atoms with Crippen LogP contribution >= 0.6 is 23.2 Å². The van der Waals surface area contributed by atoms with Crippen LogP contribution in [0.15, 0.2) is 71.6 Å². The summed E-state index contributed by atoms with van der Waals surface area (Å²) in [5.74, 6) is -1.52. The maximum Gasteiger partial charge on any atom is 0.264 e. The third-order valence-corrected chi connectivity index (χ3v) is 8.57. The first-order valence-electron chi connectivity index (χ1n) is 11.8. The van der Waals surface area contributed by atoms with Gasteiger partial charge in [0.15, 0.2) is 0 Å². The molecule has 0 radical (unpaired) electrons. The van der Waals surface area contributed by atoms with Gasteiger partial charge < -0.3 is 10.2 Å². The number of rotatable bonds is 10. The Hall–Kier alpha value is -3.14.